The molecule has 160 valence electrons. The summed E-state index contributed by atoms with van der Waals surface area (Å²) >= 11 is 0. The molecule has 3 rings (SSSR count). The van der Waals surface area contributed by atoms with Gasteiger partial charge in [0, 0.05) is 32.1 Å². The molecular formula is C23H35N3O3. The normalized spacial score (nSPS) is 25.5. The van der Waals surface area contributed by atoms with E-state index < -0.39 is 0 Å². The topological polar surface area (TPSA) is 61.9 Å². The Labute approximate surface area is 174 Å². The molecule has 1 aromatic rings. The lowest BCUT2D eigenvalue weighted by Gasteiger charge is -2.40. The monoisotopic (exact) mass is 401 g/mol. The molecule has 29 heavy (non-hydrogen) atoms. The van der Waals surface area contributed by atoms with Crippen molar-refractivity contribution in [3.63, 3.8) is 0 Å². The molecule has 2 heterocycles. The van der Waals surface area contributed by atoms with Crippen molar-refractivity contribution in [2.45, 2.75) is 45.1 Å². The number of rotatable bonds is 6. The van der Waals surface area contributed by atoms with Gasteiger partial charge in [-0.2, -0.15) is 0 Å². The number of amides is 2. The van der Waals surface area contributed by atoms with E-state index in [9.17, 15) is 9.59 Å². The van der Waals surface area contributed by atoms with Gasteiger partial charge < -0.3 is 15.0 Å². The van der Waals surface area contributed by atoms with E-state index >= 15 is 0 Å². The molecule has 2 fully saturated rings. The van der Waals surface area contributed by atoms with Gasteiger partial charge in [0.25, 0.3) is 0 Å². The van der Waals surface area contributed by atoms with Crippen LogP contribution in [0.25, 0.3) is 0 Å². The van der Waals surface area contributed by atoms with Crippen molar-refractivity contribution >= 4 is 11.8 Å². The lowest BCUT2D eigenvalue weighted by atomic mass is 9.84. The predicted molar refractivity (Wildman–Crippen MR) is 114 cm³/mol. The Hall–Kier alpha value is -2.08. The Morgan fingerprint density at radius 3 is 2.55 bits per heavy atom. The van der Waals surface area contributed by atoms with Crippen LogP contribution in [0, 0.1) is 11.8 Å². The Kier molecular flexibility index (Phi) is 7.53. The van der Waals surface area contributed by atoms with Crippen molar-refractivity contribution in [2.75, 3.05) is 40.3 Å². The number of carbonyl (C=O) groups excluding carboxylic acids is 2. The Bertz CT molecular complexity index is 691. The van der Waals surface area contributed by atoms with Crippen LogP contribution in [-0.2, 0) is 9.59 Å². The van der Waals surface area contributed by atoms with Gasteiger partial charge in [-0.3, -0.25) is 14.5 Å². The maximum Gasteiger partial charge on any atom is 0.224 e. The zero-order chi connectivity index (χ0) is 20.8. The zero-order valence-corrected chi connectivity index (χ0v) is 18.0. The first-order valence-electron chi connectivity index (χ1n) is 10.9. The highest BCUT2D eigenvalue weighted by Gasteiger charge is 2.32. The average Bonchev–Trinajstić information content (AvgIpc) is 2.77. The zero-order valence-electron chi connectivity index (χ0n) is 18.0. The van der Waals surface area contributed by atoms with Crippen molar-refractivity contribution in [1.29, 1.82) is 0 Å². The molecule has 6 heteroatoms. The van der Waals surface area contributed by atoms with Gasteiger partial charge in [-0.05, 0) is 62.9 Å². The molecule has 1 aromatic carbocycles. The van der Waals surface area contributed by atoms with Crippen LogP contribution >= 0.6 is 0 Å². The number of piperidine rings is 2. The number of carbonyl (C=O) groups is 2. The molecule has 2 amide bonds. The fourth-order valence-electron chi connectivity index (χ4n) is 4.82. The van der Waals surface area contributed by atoms with E-state index in [1.165, 1.54) is 5.56 Å². The summed E-state index contributed by atoms with van der Waals surface area (Å²) in [7, 11) is 3.85. The summed E-state index contributed by atoms with van der Waals surface area (Å²) in [5.41, 5.74) is 1.27. The number of ether oxygens (including phenoxy) is 1. The molecular weight excluding hydrogens is 366 g/mol. The minimum absolute atomic E-state index is 0.0833. The first-order valence-corrected chi connectivity index (χ1v) is 10.9. The van der Waals surface area contributed by atoms with Crippen molar-refractivity contribution in [2.24, 2.45) is 11.8 Å². The fourth-order valence-corrected chi connectivity index (χ4v) is 4.82. The molecule has 1 N–H and O–H groups in total. The van der Waals surface area contributed by atoms with E-state index in [1.54, 1.807) is 7.11 Å². The summed E-state index contributed by atoms with van der Waals surface area (Å²) < 4.78 is 5.29. The van der Waals surface area contributed by atoms with Gasteiger partial charge in [-0.1, -0.05) is 19.1 Å². The molecule has 2 aliphatic heterocycles. The van der Waals surface area contributed by atoms with Crippen LogP contribution in [0.1, 0.15) is 50.6 Å². The van der Waals surface area contributed by atoms with Crippen LogP contribution in [0.2, 0.25) is 0 Å². The molecule has 6 nitrogen and oxygen atoms in total. The van der Waals surface area contributed by atoms with Gasteiger partial charge in [0.15, 0.2) is 0 Å². The van der Waals surface area contributed by atoms with Gasteiger partial charge in [-0.15, -0.1) is 0 Å². The van der Waals surface area contributed by atoms with Crippen LogP contribution in [0.3, 0.4) is 0 Å². The second-order valence-electron chi connectivity index (χ2n) is 8.38. The quantitative estimate of drug-likeness (QED) is 0.796. The van der Waals surface area contributed by atoms with Crippen LogP contribution in [-0.4, -0.2) is 62.0 Å². The maximum atomic E-state index is 12.8. The fraction of sp³-hybridized carbons (Fsp3) is 0.652. The number of likely N-dealkylation sites (tertiary alicyclic amines) is 2. The second kappa shape index (κ2) is 10.1. The highest BCUT2D eigenvalue weighted by molar-refractivity contribution is 5.81. The minimum atomic E-state index is -0.0833. The molecule has 0 spiro atoms. The molecule has 0 saturated carbocycles. The molecule has 2 saturated heterocycles. The third-order valence-corrected chi connectivity index (χ3v) is 6.45. The van der Waals surface area contributed by atoms with Gasteiger partial charge in [0.1, 0.15) is 5.75 Å². The minimum Gasteiger partial charge on any atom is -0.497 e. The van der Waals surface area contributed by atoms with E-state index in [4.69, 9.17) is 4.74 Å². The number of benzene rings is 1. The van der Waals surface area contributed by atoms with E-state index in [2.05, 4.69) is 29.4 Å². The summed E-state index contributed by atoms with van der Waals surface area (Å²) in [6.45, 7) is 4.97. The van der Waals surface area contributed by atoms with Gasteiger partial charge in [-0.25, -0.2) is 0 Å². The summed E-state index contributed by atoms with van der Waals surface area (Å²) in [5, 5.41) is 3.21. The standard InChI is InChI=1S/C23H35N3O3/c1-4-21(27)26-14-6-8-19(16-26)23(28)24-15-18-7-5-13-25(2)22(18)17-9-11-20(29-3)12-10-17/h9-12,18-19,22H,4-8,13-16H2,1-3H3,(H,24,28). The Morgan fingerprint density at radius 2 is 1.86 bits per heavy atom. The molecule has 0 bridgehead atoms. The molecule has 0 aliphatic carbocycles. The van der Waals surface area contributed by atoms with Crippen LogP contribution in [0.4, 0.5) is 0 Å². The van der Waals surface area contributed by atoms with Crippen molar-refractivity contribution < 1.29 is 14.3 Å². The number of hydrogen-bond acceptors (Lipinski definition) is 4. The first kappa shape index (κ1) is 21.6. The smallest absolute Gasteiger partial charge is 0.224 e. The SMILES string of the molecule is CCC(=O)N1CCCC(C(=O)NCC2CCCN(C)C2c2ccc(OC)cc2)C1. The van der Waals surface area contributed by atoms with E-state index in [-0.39, 0.29) is 17.7 Å². The van der Waals surface area contributed by atoms with Gasteiger partial charge in [0.2, 0.25) is 11.8 Å². The first-order chi connectivity index (χ1) is 14.0. The third kappa shape index (κ3) is 5.30. The predicted octanol–water partition coefficient (Wildman–Crippen LogP) is 2.84. The molecule has 3 unspecified atom stereocenters. The summed E-state index contributed by atoms with van der Waals surface area (Å²) in [5.74, 6) is 1.40. The molecule has 0 radical (unpaired) electrons. The van der Waals surface area contributed by atoms with Gasteiger partial charge in [0.05, 0.1) is 13.0 Å². The van der Waals surface area contributed by atoms with Crippen LogP contribution < -0.4 is 10.1 Å². The lowest BCUT2D eigenvalue weighted by molar-refractivity contribution is -0.135. The maximum absolute atomic E-state index is 12.8. The largest absolute Gasteiger partial charge is 0.497 e. The molecule has 2 aliphatic rings. The highest BCUT2D eigenvalue weighted by atomic mass is 16.5. The highest BCUT2D eigenvalue weighted by Crippen LogP contribution is 2.35. The number of methoxy groups -OCH3 is 1. The van der Waals surface area contributed by atoms with Gasteiger partial charge >= 0.3 is 0 Å². The Balaban J connectivity index is 1.61. The van der Waals surface area contributed by atoms with Crippen LogP contribution in [0.5, 0.6) is 5.75 Å². The average molecular weight is 402 g/mol. The second-order valence-corrected chi connectivity index (χ2v) is 8.38. The van der Waals surface area contributed by atoms with Crippen molar-refractivity contribution in [3.8, 4) is 5.75 Å². The van der Waals surface area contributed by atoms with Crippen molar-refractivity contribution in [1.82, 2.24) is 15.1 Å². The summed E-state index contributed by atoms with van der Waals surface area (Å²) in [6.07, 6.45) is 4.53. The molecule has 3 atom stereocenters. The van der Waals surface area contributed by atoms with Crippen molar-refractivity contribution in [3.05, 3.63) is 29.8 Å². The Morgan fingerprint density at radius 1 is 1.14 bits per heavy atom. The number of nitrogens with one attached hydrogen (secondary N) is 1. The van der Waals surface area contributed by atoms with E-state index in [0.29, 0.717) is 31.5 Å². The summed E-state index contributed by atoms with van der Waals surface area (Å²) in [4.78, 5) is 29.1. The van der Waals surface area contributed by atoms with E-state index in [0.717, 1.165) is 44.5 Å². The summed E-state index contributed by atoms with van der Waals surface area (Å²) in [6, 6.07) is 8.58. The van der Waals surface area contributed by atoms with E-state index in [1.807, 2.05) is 24.0 Å². The lowest BCUT2D eigenvalue weighted by Crippen LogP contribution is -2.47. The van der Waals surface area contributed by atoms with Crippen LogP contribution in [0.15, 0.2) is 24.3 Å². The third-order valence-electron chi connectivity index (χ3n) is 6.45. The molecule has 0 aromatic heterocycles. The number of hydrogen-bond donors (Lipinski definition) is 1. The number of nitrogens with zero attached hydrogens (tertiary/aromatic N) is 2.